The summed E-state index contributed by atoms with van der Waals surface area (Å²) in [5.74, 6) is -2.98. The van der Waals surface area contributed by atoms with Gasteiger partial charge in [-0.15, -0.1) is 0 Å². The molecule has 0 spiro atoms. The third-order valence-corrected chi connectivity index (χ3v) is 15.6. The highest BCUT2D eigenvalue weighted by molar-refractivity contribution is 6.03. The van der Waals surface area contributed by atoms with Gasteiger partial charge in [0.05, 0.1) is 92.4 Å². The minimum atomic E-state index is -1.46. The first-order valence-corrected chi connectivity index (χ1v) is 29.6. The molecule has 29 heteroatoms. The fourth-order valence-corrected chi connectivity index (χ4v) is 10.1. The van der Waals surface area contributed by atoms with Crippen molar-refractivity contribution in [2.75, 3.05) is 124 Å². The topological polar surface area (TPSA) is 410 Å². The van der Waals surface area contributed by atoms with E-state index < -0.39 is 104 Å². The number of benzene rings is 1. The van der Waals surface area contributed by atoms with E-state index in [0.717, 1.165) is 38.5 Å². The Hall–Kier alpha value is -5.09. The predicted octanol–water partition coefficient (Wildman–Crippen LogP) is -2.43. The number of hydrogen-bond donors (Lipinski definition) is 13. The number of aliphatic hydroxyl groups excluding tert-OH is 7. The van der Waals surface area contributed by atoms with E-state index in [1.165, 1.54) is 32.0 Å². The zero-order valence-electron chi connectivity index (χ0n) is 50.3. The number of aliphatic hydroxyl groups is 7. The lowest BCUT2D eigenvalue weighted by Crippen LogP contribution is -2.64. The summed E-state index contributed by atoms with van der Waals surface area (Å²) in [5, 5.41) is 85.9. The first kappa shape index (κ1) is 73.4. The normalized spacial score (nSPS) is 26.4. The molecule has 4 rings (SSSR count). The second kappa shape index (κ2) is 38.3. The van der Waals surface area contributed by atoms with E-state index in [4.69, 9.17) is 37.9 Å². The number of carbonyl (C=O) groups is 7. The lowest BCUT2D eigenvalue weighted by atomic mass is 9.67. The van der Waals surface area contributed by atoms with Crippen LogP contribution in [0.15, 0.2) is 18.2 Å². The van der Waals surface area contributed by atoms with Crippen molar-refractivity contribution in [2.45, 2.75) is 154 Å². The second-order valence-electron chi connectivity index (χ2n) is 22.2. The van der Waals surface area contributed by atoms with Crippen LogP contribution in [0.5, 0.6) is 0 Å². The molecule has 0 aromatic heterocycles. The summed E-state index contributed by atoms with van der Waals surface area (Å²) in [6.45, 7) is 9.18. The van der Waals surface area contributed by atoms with Crippen molar-refractivity contribution in [1.29, 1.82) is 0 Å². The summed E-state index contributed by atoms with van der Waals surface area (Å²) in [6, 6.07) is 1.90. The van der Waals surface area contributed by atoms with Crippen LogP contribution in [0.1, 0.15) is 113 Å². The molecule has 490 valence electrons. The zero-order valence-corrected chi connectivity index (χ0v) is 50.3. The van der Waals surface area contributed by atoms with Gasteiger partial charge in [0.1, 0.15) is 48.7 Å². The van der Waals surface area contributed by atoms with Crippen LogP contribution in [0, 0.1) is 10.8 Å². The maximum atomic E-state index is 13.4. The molecule has 3 heterocycles. The van der Waals surface area contributed by atoms with E-state index in [-0.39, 0.29) is 138 Å². The summed E-state index contributed by atoms with van der Waals surface area (Å²) in [4.78, 5) is 90.8. The van der Waals surface area contributed by atoms with Crippen LogP contribution in [-0.4, -0.2) is 262 Å². The Labute approximate surface area is 502 Å². The van der Waals surface area contributed by atoms with Gasteiger partial charge in [-0.25, -0.2) is 0 Å². The van der Waals surface area contributed by atoms with Gasteiger partial charge in [0.25, 0.3) is 11.8 Å². The number of ether oxygens (including phenoxy) is 8. The minimum Gasteiger partial charge on any atom is -0.396 e. The lowest BCUT2D eigenvalue weighted by molar-refractivity contribution is -0.272. The number of nitrogens with one attached hydrogen (secondary N) is 6. The van der Waals surface area contributed by atoms with Crippen molar-refractivity contribution < 1.29 is 107 Å². The van der Waals surface area contributed by atoms with Crippen LogP contribution in [0.4, 0.5) is 5.69 Å². The van der Waals surface area contributed by atoms with Crippen molar-refractivity contribution in [3.05, 3.63) is 29.3 Å². The smallest absolute Gasteiger partial charge is 0.251 e. The molecule has 3 aliphatic rings. The van der Waals surface area contributed by atoms with Crippen LogP contribution < -0.4 is 31.9 Å². The molecule has 1 aromatic carbocycles. The lowest BCUT2D eigenvalue weighted by Gasteiger charge is -2.42. The van der Waals surface area contributed by atoms with Crippen LogP contribution in [0.3, 0.4) is 0 Å². The third kappa shape index (κ3) is 23.8. The largest absolute Gasteiger partial charge is 0.396 e. The molecule has 1 aromatic rings. The van der Waals surface area contributed by atoms with E-state index in [0.29, 0.717) is 25.9 Å². The van der Waals surface area contributed by atoms with Crippen molar-refractivity contribution in [1.82, 2.24) is 31.5 Å². The van der Waals surface area contributed by atoms with E-state index in [1.807, 2.05) is 11.8 Å². The minimum absolute atomic E-state index is 0.0266. The summed E-state index contributed by atoms with van der Waals surface area (Å²) in [7, 11) is 0. The first-order valence-electron chi connectivity index (χ1n) is 29.6. The van der Waals surface area contributed by atoms with Gasteiger partial charge >= 0.3 is 0 Å². The van der Waals surface area contributed by atoms with Crippen LogP contribution in [0.25, 0.3) is 0 Å². The van der Waals surface area contributed by atoms with Gasteiger partial charge in [0.15, 0.2) is 12.6 Å². The molecule has 0 aliphatic carbocycles. The summed E-state index contributed by atoms with van der Waals surface area (Å²) < 4.78 is 44.5. The number of rotatable bonds is 40. The second-order valence-corrected chi connectivity index (χ2v) is 22.2. The number of unbranched alkanes of at least 4 members (excludes halogenated alkanes) is 5. The number of carbonyl (C=O) groups excluding carboxylic acids is 7. The highest BCUT2D eigenvalue weighted by Gasteiger charge is 2.52. The molecule has 0 saturated carbocycles. The number of amides is 7. The average molecular weight is 1230 g/mol. The summed E-state index contributed by atoms with van der Waals surface area (Å²) in [5.41, 5.74) is -0.285. The third-order valence-electron chi connectivity index (χ3n) is 15.6. The van der Waals surface area contributed by atoms with Gasteiger partial charge in [-0.1, -0.05) is 46.5 Å². The Morgan fingerprint density at radius 1 is 0.558 bits per heavy atom. The number of hydrogen-bond acceptors (Lipinski definition) is 22. The fraction of sp³-hybridized carbons (Fsp3) is 0.772. The van der Waals surface area contributed by atoms with Gasteiger partial charge in [-0.05, 0) is 42.9 Å². The molecule has 86 heavy (non-hydrogen) atoms. The van der Waals surface area contributed by atoms with E-state index in [9.17, 15) is 69.3 Å². The Balaban J connectivity index is 1.19. The van der Waals surface area contributed by atoms with Gasteiger partial charge in [0, 0.05) is 75.1 Å². The Morgan fingerprint density at radius 3 is 1.42 bits per heavy atom. The first-order chi connectivity index (χ1) is 41.1. The highest BCUT2D eigenvalue weighted by Crippen LogP contribution is 2.48. The average Bonchev–Trinajstić information content (AvgIpc) is 2.98. The van der Waals surface area contributed by atoms with Gasteiger partial charge in [0.2, 0.25) is 29.5 Å². The highest BCUT2D eigenvalue weighted by atomic mass is 16.7. The molecular weight excluding hydrogens is 1130 g/mol. The summed E-state index contributed by atoms with van der Waals surface area (Å²) >= 11 is 0. The van der Waals surface area contributed by atoms with Gasteiger partial charge in [-0.3, -0.25) is 33.6 Å². The quantitative estimate of drug-likeness (QED) is 0.0304. The standard InChI is InChI=1S/C57H95N7O22/c1-6-56(4)33-64(34-57(56,5)35-67)45(72)14-12-10-8-7-9-11-13-43(70)60-30-44(71)63-40-28-38(52(77)58-15-17-79-19-21-81-23-25-83-54-46(61-36(2)68)50(75)48(73)41(31-65)85-54)27-39(29-40)53(78)59-16-18-80-20-22-82-24-26-84-55-47(62-37(3)69)51(76)49(74)42(32-66)86-55/h27-29,41-42,46-51,54-55,65-67,73-76H,6-26,30-35H2,1-5H3,(H,58,77)(H,59,78)(H,60,70)(H,61,68)(H,62,69)(H,63,71)/t41-,42+,46-,47+,48+,49-,50-,51+,54?,55?,56?,57?. The molecule has 4 unspecified atom stereocenters. The number of anilines is 1. The Bertz CT molecular complexity index is 2150. The molecule has 7 amide bonds. The van der Waals surface area contributed by atoms with Crippen molar-refractivity contribution in [3.63, 3.8) is 0 Å². The fourth-order valence-electron chi connectivity index (χ4n) is 10.1. The maximum absolute atomic E-state index is 13.4. The monoisotopic (exact) mass is 1230 g/mol. The molecule has 0 radical (unpaired) electrons. The molecule has 0 bridgehead atoms. The van der Waals surface area contributed by atoms with Crippen molar-refractivity contribution in [2.24, 2.45) is 10.8 Å². The number of nitrogens with zero attached hydrogens (tertiary/aromatic N) is 1. The molecule has 3 saturated heterocycles. The van der Waals surface area contributed by atoms with Crippen LogP contribution in [-0.2, 0) is 61.9 Å². The number of likely N-dealkylation sites (tertiary alicyclic amines) is 1. The molecule has 12 atom stereocenters. The molecular formula is C57H95N7O22. The maximum Gasteiger partial charge on any atom is 0.251 e. The van der Waals surface area contributed by atoms with E-state index >= 15 is 0 Å². The van der Waals surface area contributed by atoms with E-state index in [2.05, 4.69) is 45.7 Å². The Morgan fingerprint density at radius 2 is 0.988 bits per heavy atom. The molecule has 3 fully saturated rings. The molecule has 3 aliphatic heterocycles. The van der Waals surface area contributed by atoms with Crippen LogP contribution >= 0.6 is 0 Å². The SMILES string of the molecule is CCC1(C)CN(C(=O)CCCCCCCCC(=O)NCC(=O)Nc2cc(C(=O)NCCOCCOCCOC3O[C@@H](CO)[C@@H](O)[C@@H](O)[C@@H]3NC(C)=O)cc(C(=O)NCCOCCOCCOC3O[C@H](CO)[C@H](O)[C@H](O)[C@H]3NC(C)=O)c2)CC1(C)CO. The van der Waals surface area contributed by atoms with Crippen molar-refractivity contribution in [3.8, 4) is 0 Å². The zero-order chi connectivity index (χ0) is 63.2. The summed E-state index contributed by atoms with van der Waals surface area (Å²) in [6.07, 6.45) is -4.03. The van der Waals surface area contributed by atoms with E-state index in [1.54, 1.807) is 0 Å². The molecule has 29 nitrogen and oxygen atoms in total. The predicted molar refractivity (Wildman–Crippen MR) is 306 cm³/mol. The van der Waals surface area contributed by atoms with Gasteiger partial charge < -0.3 is 110 Å². The molecule has 13 N–H and O–H groups in total. The van der Waals surface area contributed by atoms with Crippen LogP contribution in [0.2, 0.25) is 0 Å². The van der Waals surface area contributed by atoms with Gasteiger partial charge in [-0.2, -0.15) is 0 Å². The Kier molecular flexibility index (Phi) is 32.7. The van der Waals surface area contributed by atoms with Crippen molar-refractivity contribution >= 4 is 47.0 Å².